The molecule has 3 N–H and O–H groups in total. The predicted octanol–water partition coefficient (Wildman–Crippen LogP) is 5.30. The van der Waals surface area contributed by atoms with Gasteiger partial charge in [-0.1, -0.05) is 62.7 Å². The van der Waals surface area contributed by atoms with Crippen molar-refractivity contribution in [3.8, 4) is 0 Å². The fraction of sp³-hybridized carbons (Fsp3) is 0.222. The summed E-state index contributed by atoms with van der Waals surface area (Å²) in [5.74, 6) is -2.65. The van der Waals surface area contributed by atoms with Crippen LogP contribution in [0.4, 0.5) is 4.39 Å². The molecule has 2 aromatic carbocycles. The number of amides is 1. The lowest BCUT2D eigenvalue weighted by atomic mass is 9.81. The molecule has 0 radical (unpaired) electrons. The number of halogens is 2. The van der Waals surface area contributed by atoms with Crippen molar-refractivity contribution in [1.82, 2.24) is 9.55 Å². The molecule has 0 aliphatic carbocycles. The maximum Gasteiger partial charge on any atom is 0.356 e. The number of primary amides is 1. The molecule has 180 valence electrons. The van der Waals surface area contributed by atoms with E-state index in [2.05, 4.69) is 25.8 Å². The summed E-state index contributed by atoms with van der Waals surface area (Å²) >= 11 is 6.12. The number of nitrogens with zero attached hydrogens (tertiary/aromatic N) is 2. The first kappa shape index (κ1) is 24.4. The summed E-state index contributed by atoms with van der Waals surface area (Å²) in [6.07, 6.45) is 3.07. The number of carboxylic acid groups (broad SMARTS) is 1. The van der Waals surface area contributed by atoms with E-state index in [-0.39, 0.29) is 28.1 Å². The molecule has 1 atom stereocenters. The van der Waals surface area contributed by atoms with Crippen LogP contribution in [0.5, 0.6) is 0 Å². The minimum absolute atomic E-state index is 0.0670. The summed E-state index contributed by atoms with van der Waals surface area (Å²) in [5.41, 5.74) is 6.62. The molecule has 2 heterocycles. The molecule has 1 unspecified atom stereocenters. The first-order valence-electron chi connectivity index (χ1n) is 11.0. The first-order chi connectivity index (χ1) is 16.4. The second-order valence-corrected chi connectivity index (χ2v) is 9.97. The quantitative estimate of drug-likeness (QED) is 0.381. The molecule has 4 rings (SSSR count). The van der Waals surface area contributed by atoms with Crippen LogP contribution in [0.3, 0.4) is 0 Å². The average Bonchev–Trinajstić information content (AvgIpc) is 3.23. The zero-order valence-corrected chi connectivity index (χ0v) is 20.3. The van der Waals surface area contributed by atoms with Crippen LogP contribution in [0.1, 0.15) is 48.0 Å². The molecule has 1 amide bonds. The lowest BCUT2D eigenvalue weighted by Crippen LogP contribution is -2.49. The van der Waals surface area contributed by atoms with Crippen LogP contribution in [0.2, 0.25) is 5.02 Å². The van der Waals surface area contributed by atoms with E-state index in [0.717, 1.165) is 11.1 Å². The molecule has 35 heavy (non-hydrogen) atoms. The van der Waals surface area contributed by atoms with E-state index in [4.69, 9.17) is 17.3 Å². The van der Waals surface area contributed by atoms with Crippen molar-refractivity contribution >= 4 is 34.4 Å². The molecule has 0 bridgehead atoms. The number of rotatable bonds is 6. The number of carbonyl (C=O) groups excluding carboxylic acids is 1. The minimum Gasteiger partial charge on any atom is -0.476 e. The van der Waals surface area contributed by atoms with Gasteiger partial charge in [-0.05, 0) is 46.4 Å². The maximum atomic E-state index is 14.1. The van der Waals surface area contributed by atoms with Crippen molar-refractivity contribution in [1.29, 1.82) is 0 Å². The number of nitrogens with two attached hydrogens (primary N) is 1. The van der Waals surface area contributed by atoms with Gasteiger partial charge in [-0.3, -0.25) is 4.79 Å². The molecule has 8 heteroatoms. The molecule has 0 saturated heterocycles. The van der Waals surface area contributed by atoms with Gasteiger partial charge in [-0.15, -0.1) is 0 Å². The van der Waals surface area contributed by atoms with E-state index in [0.29, 0.717) is 10.9 Å². The zero-order valence-electron chi connectivity index (χ0n) is 19.5. The lowest BCUT2D eigenvalue weighted by Gasteiger charge is -2.34. The lowest BCUT2D eigenvalue weighted by molar-refractivity contribution is -0.124. The van der Waals surface area contributed by atoms with Gasteiger partial charge in [0.05, 0.1) is 10.5 Å². The highest BCUT2D eigenvalue weighted by Gasteiger charge is 2.42. The normalized spacial score (nSPS) is 13.5. The van der Waals surface area contributed by atoms with Gasteiger partial charge in [-0.25, -0.2) is 14.2 Å². The van der Waals surface area contributed by atoms with Gasteiger partial charge < -0.3 is 15.4 Å². The third-order valence-electron chi connectivity index (χ3n) is 6.30. The molecule has 6 nitrogen and oxygen atoms in total. The number of aromatic nitrogens is 2. The molecule has 0 saturated carbocycles. The standard InChI is InChI=1S/C27H25ClFN3O3/c1-26(2,3)18-6-4-16(5-7-18)15-27(25(30)35,19-8-9-21(29)20(28)14-19)32-13-11-17-10-12-31-22(23(17)32)24(33)34/h4-14H,15H2,1-3H3,(H2,30,35)(H,33,34). The Labute approximate surface area is 207 Å². The van der Waals surface area contributed by atoms with Crippen LogP contribution in [-0.2, 0) is 22.2 Å². The molecule has 4 aromatic rings. The van der Waals surface area contributed by atoms with Gasteiger partial charge in [0.1, 0.15) is 5.82 Å². The van der Waals surface area contributed by atoms with Crippen LogP contribution in [0, 0.1) is 5.82 Å². The van der Waals surface area contributed by atoms with Crippen molar-refractivity contribution in [3.63, 3.8) is 0 Å². The van der Waals surface area contributed by atoms with Gasteiger partial charge in [0.15, 0.2) is 11.2 Å². The number of aromatic carboxylic acids is 1. The van der Waals surface area contributed by atoms with E-state index in [1.807, 2.05) is 24.3 Å². The average molecular weight is 494 g/mol. The van der Waals surface area contributed by atoms with Crippen LogP contribution in [0.25, 0.3) is 10.9 Å². The van der Waals surface area contributed by atoms with Gasteiger partial charge in [0.25, 0.3) is 0 Å². The van der Waals surface area contributed by atoms with Crippen molar-refractivity contribution < 1.29 is 19.1 Å². The second kappa shape index (κ2) is 8.82. The summed E-state index contributed by atoms with van der Waals surface area (Å²) in [7, 11) is 0. The monoisotopic (exact) mass is 493 g/mol. The molecular weight excluding hydrogens is 469 g/mol. The highest BCUT2D eigenvalue weighted by atomic mass is 35.5. The Kier molecular flexibility index (Phi) is 6.15. The van der Waals surface area contributed by atoms with Crippen molar-refractivity contribution in [3.05, 3.63) is 100 Å². The molecule has 2 aromatic heterocycles. The van der Waals surface area contributed by atoms with Crippen LogP contribution >= 0.6 is 11.6 Å². The number of carbonyl (C=O) groups is 2. The third kappa shape index (κ3) is 4.28. The minimum atomic E-state index is -1.62. The summed E-state index contributed by atoms with van der Waals surface area (Å²) in [6.45, 7) is 6.30. The first-order valence-corrected chi connectivity index (χ1v) is 11.4. The van der Waals surface area contributed by atoms with Crippen LogP contribution < -0.4 is 5.73 Å². The van der Waals surface area contributed by atoms with Gasteiger partial charge in [0.2, 0.25) is 5.91 Å². The summed E-state index contributed by atoms with van der Waals surface area (Å²) < 4.78 is 15.6. The number of pyridine rings is 1. The fourth-order valence-electron chi connectivity index (χ4n) is 4.41. The Balaban J connectivity index is 2.02. The van der Waals surface area contributed by atoms with Crippen molar-refractivity contribution in [2.45, 2.75) is 38.1 Å². The highest BCUT2D eigenvalue weighted by Crippen LogP contribution is 2.37. The second-order valence-electron chi connectivity index (χ2n) is 9.57. The largest absolute Gasteiger partial charge is 0.476 e. The SMILES string of the molecule is CC(C)(C)c1ccc(CC(C(N)=O)(c2ccc(F)c(Cl)c2)n2ccc3ccnc(C(=O)O)c32)cc1. The van der Waals surface area contributed by atoms with E-state index in [9.17, 15) is 19.1 Å². The highest BCUT2D eigenvalue weighted by molar-refractivity contribution is 6.30. The number of carboxylic acids is 1. The molecule has 0 fully saturated rings. The van der Waals surface area contributed by atoms with Crippen molar-refractivity contribution in [2.24, 2.45) is 5.73 Å². The number of hydrogen-bond donors (Lipinski definition) is 2. The van der Waals surface area contributed by atoms with Crippen LogP contribution in [0.15, 0.2) is 67.0 Å². The predicted molar refractivity (Wildman–Crippen MR) is 133 cm³/mol. The maximum absolute atomic E-state index is 14.1. The Morgan fingerprint density at radius 2 is 1.71 bits per heavy atom. The van der Waals surface area contributed by atoms with Gasteiger partial charge >= 0.3 is 5.97 Å². The summed E-state index contributed by atoms with van der Waals surface area (Å²) in [5, 5.41) is 10.2. The van der Waals surface area contributed by atoms with E-state index in [1.165, 1.54) is 29.0 Å². The summed E-state index contributed by atoms with van der Waals surface area (Å²) in [6, 6.07) is 15.1. The van der Waals surface area contributed by atoms with E-state index >= 15 is 0 Å². The molecule has 0 aliphatic rings. The van der Waals surface area contributed by atoms with E-state index in [1.54, 1.807) is 18.3 Å². The topological polar surface area (TPSA) is 98.2 Å². The Morgan fingerprint density at radius 3 is 2.29 bits per heavy atom. The smallest absolute Gasteiger partial charge is 0.356 e. The summed E-state index contributed by atoms with van der Waals surface area (Å²) in [4.78, 5) is 29.4. The molecule has 0 aliphatic heterocycles. The zero-order chi connectivity index (χ0) is 25.5. The number of benzene rings is 2. The fourth-order valence-corrected chi connectivity index (χ4v) is 4.59. The van der Waals surface area contributed by atoms with Gasteiger partial charge in [0, 0.05) is 24.2 Å². The Morgan fingerprint density at radius 1 is 1.06 bits per heavy atom. The third-order valence-corrected chi connectivity index (χ3v) is 6.59. The Bertz CT molecular complexity index is 1440. The molecule has 0 spiro atoms. The van der Waals surface area contributed by atoms with Gasteiger partial charge in [-0.2, -0.15) is 0 Å². The Hall–Kier alpha value is -3.71. The number of fused-ring (bicyclic) bond motifs is 1. The van der Waals surface area contributed by atoms with Crippen LogP contribution in [-0.4, -0.2) is 26.5 Å². The van der Waals surface area contributed by atoms with Crippen molar-refractivity contribution in [2.75, 3.05) is 0 Å². The van der Waals surface area contributed by atoms with E-state index < -0.39 is 23.2 Å². The molecular formula is C27H25ClFN3O3. The number of hydrogen-bond acceptors (Lipinski definition) is 3.